The fourth-order valence-corrected chi connectivity index (χ4v) is 3.15. The fourth-order valence-electron chi connectivity index (χ4n) is 1.36. The van der Waals surface area contributed by atoms with Crippen molar-refractivity contribution in [3.05, 3.63) is 24.3 Å². The van der Waals surface area contributed by atoms with Gasteiger partial charge in [-0.05, 0) is 24.3 Å². The molecule has 1 aromatic heterocycles. The highest BCUT2D eigenvalue weighted by atomic mass is 32.2. The number of carbonyl (C=O) groups excluding carboxylic acids is 1. The van der Waals surface area contributed by atoms with Gasteiger partial charge >= 0.3 is 0 Å². The number of aromatic nitrogens is 2. The summed E-state index contributed by atoms with van der Waals surface area (Å²) in [7, 11) is 1.63. The number of methoxy groups -OCH3 is 1. The molecule has 3 N–H and O–H groups in total. The first-order valence-electron chi connectivity index (χ1n) is 5.83. The molecule has 20 heavy (non-hydrogen) atoms. The Morgan fingerprint density at radius 1 is 1.40 bits per heavy atom. The summed E-state index contributed by atoms with van der Waals surface area (Å²) in [6.07, 6.45) is 0.339. The van der Waals surface area contributed by atoms with Crippen molar-refractivity contribution in [3.63, 3.8) is 0 Å². The van der Waals surface area contributed by atoms with E-state index in [2.05, 4.69) is 15.5 Å². The molecule has 0 radical (unpaired) electrons. The van der Waals surface area contributed by atoms with Crippen LogP contribution < -0.4 is 15.8 Å². The highest BCUT2D eigenvalue weighted by Gasteiger charge is 2.06. The Balaban J connectivity index is 1.89. The third-order valence-electron chi connectivity index (χ3n) is 2.32. The SMILES string of the molecule is COc1ccc(Nc2nnc(SCCC(N)=O)s2)cc1. The summed E-state index contributed by atoms with van der Waals surface area (Å²) in [5.41, 5.74) is 5.99. The molecule has 1 aromatic carbocycles. The first-order valence-corrected chi connectivity index (χ1v) is 7.63. The van der Waals surface area contributed by atoms with Gasteiger partial charge in [0.05, 0.1) is 7.11 Å². The highest BCUT2D eigenvalue weighted by Crippen LogP contribution is 2.28. The van der Waals surface area contributed by atoms with Crippen LogP contribution in [0.4, 0.5) is 10.8 Å². The van der Waals surface area contributed by atoms with E-state index in [4.69, 9.17) is 10.5 Å². The predicted octanol–water partition coefficient (Wildman–Crippen LogP) is 2.26. The van der Waals surface area contributed by atoms with E-state index in [-0.39, 0.29) is 5.91 Å². The lowest BCUT2D eigenvalue weighted by atomic mass is 10.3. The molecule has 0 aliphatic rings. The molecule has 0 fully saturated rings. The van der Waals surface area contributed by atoms with Crippen LogP contribution in [0.2, 0.25) is 0 Å². The van der Waals surface area contributed by atoms with Crippen LogP contribution in [-0.4, -0.2) is 29.0 Å². The second kappa shape index (κ2) is 7.11. The van der Waals surface area contributed by atoms with Crippen molar-refractivity contribution in [1.82, 2.24) is 10.2 Å². The molecule has 6 nitrogen and oxygen atoms in total. The lowest BCUT2D eigenvalue weighted by Gasteiger charge is -2.03. The molecule has 0 saturated carbocycles. The number of thioether (sulfide) groups is 1. The lowest BCUT2D eigenvalue weighted by Crippen LogP contribution is -2.10. The van der Waals surface area contributed by atoms with E-state index >= 15 is 0 Å². The quantitative estimate of drug-likeness (QED) is 0.762. The van der Waals surface area contributed by atoms with Crippen molar-refractivity contribution in [3.8, 4) is 5.75 Å². The van der Waals surface area contributed by atoms with E-state index < -0.39 is 0 Å². The summed E-state index contributed by atoms with van der Waals surface area (Å²) in [6.45, 7) is 0. The van der Waals surface area contributed by atoms with Crippen molar-refractivity contribution in [1.29, 1.82) is 0 Å². The Hall–Kier alpha value is -1.80. The van der Waals surface area contributed by atoms with Crippen molar-refractivity contribution in [2.45, 2.75) is 10.8 Å². The first-order chi connectivity index (χ1) is 9.67. The molecule has 0 saturated heterocycles. The third-order valence-corrected chi connectivity index (χ3v) is 4.30. The normalized spacial score (nSPS) is 10.2. The van der Waals surface area contributed by atoms with Crippen LogP contribution in [0.1, 0.15) is 6.42 Å². The van der Waals surface area contributed by atoms with E-state index in [9.17, 15) is 4.79 Å². The van der Waals surface area contributed by atoms with E-state index in [0.717, 1.165) is 15.8 Å². The van der Waals surface area contributed by atoms with Gasteiger partial charge in [-0.15, -0.1) is 10.2 Å². The maximum atomic E-state index is 10.6. The van der Waals surface area contributed by atoms with Gasteiger partial charge in [0.1, 0.15) is 5.75 Å². The second-order valence-electron chi connectivity index (χ2n) is 3.79. The second-order valence-corrected chi connectivity index (χ2v) is 6.11. The fraction of sp³-hybridized carbons (Fsp3) is 0.250. The van der Waals surface area contributed by atoms with Gasteiger partial charge in [0.15, 0.2) is 4.34 Å². The predicted molar refractivity (Wildman–Crippen MR) is 80.7 cm³/mol. The maximum absolute atomic E-state index is 10.6. The molecule has 2 rings (SSSR count). The van der Waals surface area contributed by atoms with Crippen LogP contribution in [0.25, 0.3) is 0 Å². The van der Waals surface area contributed by atoms with Gasteiger partial charge in [-0.2, -0.15) is 0 Å². The summed E-state index contributed by atoms with van der Waals surface area (Å²) < 4.78 is 5.90. The molecular formula is C12H14N4O2S2. The molecule has 1 heterocycles. The average molecular weight is 310 g/mol. The number of nitrogens with two attached hydrogens (primary N) is 1. The molecule has 8 heteroatoms. The monoisotopic (exact) mass is 310 g/mol. The zero-order chi connectivity index (χ0) is 14.4. The molecule has 1 amide bonds. The molecule has 0 aliphatic carbocycles. The van der Waals surface area contributed by atoms with Gasteiger partial charge in [0, 0.05) is 17.9 Å². The molecular weight excluding hydrogens is 296 g/mol. The zero-order valence-corrected chi connectivity index (χ0v) is 12.5. The number of hydrogen-bond donors (Lipinski definition) is 2. The number of ether oxygens (including phenoxy) is 1. The number of hydrogen-bond acceptors (Lipinski definition) is 7. The topological polar surface area (TPSA) is 90.1 Å². The number of amides is 1. The van der Waals surface area contributed by atoms with Crippen LogP contribution in [0, 0.1) is 0 Å². The molecule has 0 bridgehead atoms. The van der Waals surface area contributed by atoms with Crippen LogP contribution in [0.15, 0.2) is 28.6 Å². The Kier molecular flexibility index (Phi) is 5.19. The Morgan fingerprint density at radius 2 is 2.15 bits per heavy atom. The lowest BCUT2D eigenvalue weighted by molar-refractivity contribution is -0.117. The number of nitrogens with one attached hydrogen (secondary N) is 1. The van der Waals surface area contributed by atoms with E-state index in [0.29, 0.717) is 17.3 Å². The van der Waals surface area contributed by atoms with Gasteiger partial charge in [-0.25, -0.2) is 0 Å². The summed E-state index contributed by atoms with van der Waals surface area (Å²) in [4.78, 5) is 10.6. The summed E-state index contributed by atoms with van der Waals surface area (Å²) in [5.74, 6) is 1.11. The molecule has 0 atom stereocenters. The van der Waals surface area contributed by atoms with Crippen LogP contribution >= 0.6 is 23.1 Å². The van der Waals surface area contributed by atoms with Crippen molar-refractivity contribution in [2.24, 2.45) is 5.73 Å². The zero-order valence-electron chi connectivity index (χ0n) is 10.8. The number of carbonyl (C=O) groups is 1. The van der Waals surface area contributed by atoms with Gasteiger partial charge < -0.3 is 15.8 Å². The number of rotatable bonds is 7. The standard InChI is InChI=1S/C12H14N4O2S2/c1-18-9-4-2-8(3-5-9)14-11-15-16-12(20-11)19-7-6-10(13)17/h2-5H,6-7H2,1H3,(H2,13,17)(H,14,15). The van der Waals surface area contributed by atoms with E-state index in [1.165, 1.54) is 23.1 Å². The van der Waals surface area contributed by atoms with Gasteiger partial charge in [-0.1, -0.05) is 23.1 Å². The number of benzene rings is 1. The third kappa shape index (κ3) is 4.39. The maximum Gasteiger partial charge on any atom is 0.218 e. The minimum atomic E-state index is -0.307. The van der Waals surface area contributed by atoms with Gasteiger partial charge in [-0.3, -0.25) is 4.79 Å². The minimum absolute atomic E-state index is 0.307. The van der Waals surface area contributed by atoms with Crippen molar-refractivity contribution < 1.29 is 9.53 Å². The smallest absolute Gasteiger partial charge is 0.218 e. The van der Waals surface area contributed by atoms with Crippen molar-refractivity contribution in [2.75, 3.05) is 18.2 Å². The molecule has 0 unspecified atom stereocenters. The number of primary amides is 1. The van der Waals surface area contributed by atoms with Crippen LogP contribution in [-0.2, 0) is 4.79 Å². The number of nitrogens with zero attached hydrogens (tertiary/aromatic N) is 2. The largest absolute Gasteiger partial charge is 0.497 e. The Labute approximate surface area is 124 Å². The van der Waals surface area contributed by atoms with Crippen molar-refractivity contribution >= 4 is 39.8 Å². The number of anilines is 2. The van der Waals surface area contributed by atoms with Crippen LogP contribution in [0.3, 0.4) is 0 Å². The Bertz CT molecular complexity index is 571. The summed E-state index contributed by atoms with van der Waals surface area (Å²) >= 11 is 2.91. The van der Waals surface area contributed by atoms with Gasteiger partial charge in [0.25, 0.3) is 0 Å². The molecule has 2 aromatic rings. The Morgan fingerprint density at radius 3 is 2.80 bits per heavy atom. The van der Waals surface area contributed by atoms with E-state index in [1.54, 1.807) is 7.11 Å². The summed E-state index contributed by atoms with van der Waals surface area (Å²) in [6, 6.07) is 7.54. The minimum Gasteiger partial charge on any atom is -0.497 e. The average Bonchev–Trinajstić information content (AvgIpc) is 2.87. The first kappa shape index (κ1) is 14.6. The van der Waals surface area contributed by atoms with Crippen LogP contribution in [0.5, 0.6) is 5.75 Å². The van der Waals surface area contributed by atoms with E-state index in [1.807, 2.05) is 24.3 Å². The van der Waals surface area contributed by atoms with Gasteiger partial charge in [0.2, 0.25) is 11.0 Å². The molecule has 0 aliphatic heterocycles. The molecule has 0 spiro atoms. The summed E-state index contributed by atoms with van der Waals surface area (Å²) in [5, 5.41) is 11.9. The highest BCUT2D eigenvalue weighted by molar-refractivity contribution is 8.01. The molecule has 106 valence electrons.